The van der Waals surface area contributed by atoms with E-state index in [9.17, 15) is 9.59 Å². The van der Waals surface area contributed by atoms with E-state index in [4.69, 9.17) is 14.2 Å². The molecule has 2 aliphatic rings. The van der Waals surface area contributed by atoms with Gasteiger partial charge in [0.25, 0.3) is 11.1 Å². The monoisotopic (exact) mass is 490 g/mol. The largest absolute Gasteiger partial charge is 0.492 e. The van der Waals surface area contributed by atoms with Crippen molar-refractivity contribution in [3.63, 3.8) is 0 Å². The van der Waals surface area contributed by atoms with Crippen LogP contribution in [-0.2, 0) is 4.79 Å². The number of amides is 2. The Kier molecular flexibility index (Phi) is 6.30. The summed E-state index contributed by atoms with van der Waals surface area (Å²) < 4.78 is 19.2. The first kappa shape index (κ1) is 23.1. The number of imide groups is 1. The molecule has 8 heteroatoms. The van der Waals surface area contributed by atoms with Crippen LogP contribution in [0.15, 0.2) is 53.4 Å². The predicted molar refractivity (Wildman–Crippen MR) is 136 cm³/mol. The topological polar surface area (TPSA) is 70.0 Å². The zero-order chi connectivity index (χ0) is 24.5. The summed E-state index contributed by atoms with van der Waals surface area (Å²) in [7, 11) is 0. The zero-order valence-corrected chi connectivity index (χ0v) is 20.7. The Morgan fingerprint density at radius 2 is 1.80 bits per heavy atom. The Hall–Kier alpha value is -3.65. The lowest BCUT2D eigenvalue weighted by molar-refractivity contribution is -0.123. The summed E-state index contributed by atoms with van der Waals surface area (Å²) in [5, 5.41) is -0.283. The van der Waals surface area contributed by atoms with Crippen molar-refractivity contribution >= 4 is 29.0 Å². The number of carbonyl (C=O) groups is 2. The van der Waals surface area contributed by atoms with Crippen LogP contribution in [0.2, 0.25) is 0 Å². The van der Waals surface area contributed by atoms with Gasteiger partial charge in [0.1, 0.15) is 25.6 Å². The minimum Gasteiger partial charge on any atom is -0.492 e. The van der Waals surface area contributed by atoms with Gasteiger partial charge in [0, 0.05) is 23.1 Å². The summed E-state index contributed by atoms with van der Waals surface area (Å²) in [5.74, 6) is 1.88. The number of hydrogen-bond acceptors (Lipinski definition) is 6. The molecule has 2 amide bonds. The molecule has 0 saturated carbocycles. The minimum absolute atomic E-state index is 0.201. The number of fused-ring (bicyclic) bond motifs is 1. The van der Waals surface area contributed by atoms with Crippen molar-refractivity contribution < 1.29 is 23.8 Å². The van der Waals surface area contributed by atoms with Crippen molar-refractivity contribution in [1.82, 2.24) is 9.47 Å². The maximum Gasteiger partial charge on any atom is 0.293 e. The van der Waals surface area contributed by atoms with Crippen molar-refractivity contribution in [3.05, 3.63) is 76.0 Å². The van der Waals surface area contributed by atoms with Crippen molar-refractivity contribution in [3.8, 4) is 22.9 Å². The fraction of sp³-hybridized carbons (Fsp3) is 0.259. The third-order valence-corrected chi connectivity index (χ3v) is 6.89. The molecular weight excluding hydrogens is 464 g/mol. The maximum atomic E-state index is 13.0. The quantitative estimate of drug-likeness (QED) is 0.438. The molecule has 0 aliphatic carbocycles. The lowest BCUT2D eigenvalue weighted by Gasteiger charge is -2.20. The van der Waals surface area contributed by atoms with Crippen LogP contribution in [-0.4, -0.2) is 47.0 Å². The minimum atomic E-state index is -0.294. The van der Waals surface area contributed by atoms with Gasteiger partial charge in [0.15, 0.2) is 11.5 Å². The lowest BCUT2D eigenvalue weighted by Crippen LogP contribution is -2.32. The highest BCUT2D eigenvalue weighted by atomic mass is 32.2. The smallest absolute Gasteiger partial charge is 0.293 e. The van der Waals surface area contributed by atoms with E-state index < -0.39 is 0 Å². The zero-order valence-electron chi connectivity index (χ0n) is 19.9. The Morgan fingerprint density at radius 3 is 2.60 bits per heavy atom. The van der Waals surface area contributed by atoms with E-state index in [0.29, 0.717) is 18.1 Å². The molecule has 7 nitrogen and oxygen atoms in total. The molecule has 0 radical (unpaired) electrons. The number of aryl methyl sites for hydroxylation is 2. The Labute approximate surface area is 208 Å². The van der Waals surface area contributed by atoms with E-state index in [-0.39, 0.29) is 24.3 Å². The van der Waals surface area contributed by atoms with Crippen LogP contribution in [0.5, 0.6) is 17.2 Å². The number of ether oxygens (including phenoxy) is 3. The van der Waals surface area contributed by atoms with E-state index in [1.165, 1.54) is 4.90 Å². The third-order valence-electron chi connectivity index (χ3n) is 5.99. The molecule has 180 valence electrons. The first-order valence-electron chi connectivity index (χ1n) is 11.4. The van der Waals surface area contributed by atoms with Gasteiger partial charge in [0.05, 0.1) is 11.4 Å². The van der Waals surface area contributed by atoms with Gasteiger partial charge in [-0.25, -0.2) is 0 Å². The molecule has 0 atom stereocenters. The highest BCUT2D eigenvalue weighted by molar-refractivity contribution is 8.18. The molecule has 0 N–H and O–H groups in total. The molecule has 1 fully saturated rings. The number of rotatable bonds is 6. The lowest BCUT2D eigenvalue weighted by atomic mass is 10.2. The van der Waals surface area contributed by atoms with Gasteiger partial charge in [-0.05, 0) is 80.1 Å². The SMILES string of the molecule is Cc1cccc(OCCN2C(=O)S/C(=C\c3cc(C)n(-c4ccc5c(c4)OCCO5)c3C)C2=O)c1. The Morgan fingerprint density at radius 1 is 1.00 bits per heavy atom. The van der Waals surface area contributed by atoms with E-state index in [1.807, 2.05) is 69.3 Å². The highest BCUT2D eigenvalue weighted by Crippen LogP contribution is 2.36. The molecular formula is C27H26N2O5S. The van der Waals surface area contributed by atoms with Crippen LogP contribution in [0, 0.1) is 20.8 Å². The van der Waals surface area contributed by atoms with Gasteiger partial charge >= 0.3 is 0 Å². The average molecular weight is 491 g/mol. The second-order valence-corrected chi connectivity index (χ2v) is 9.48. The number of carbonyl (C=O) groups excluding carboxylic acids is 2. The van der Waals surface area contributed by atoms with Gasteiger partial charge in [-0.1, -0.05) is 12.1 Å². The van der Waals surface area contributed by atoms with Crippen LogP contribution in [0.1, 0.15) is 22.5 Å². The Bertz CT molecular complexity index is 1340. The molecule has 5 rings (SSSR count). The summed E-state index contributed by atoms with van der Waals surface area (Å²) in [6.45, 7) is 7.51. The first-order chi connectivity index (χ1) is 16.9. The summed E-state index contributed by atoms with van der Waals surface area (Å²) in [4.78, 5) is 27.2. The molecule has 3 heterocycles. The second kappa shape index (κ2) is 9.54. The number of thioether (sulfide) groups is 1. The van der Waals surface area contributed by atoms with Crippen molar-refractivity contribution in [2.24, 2.45) is 0 Å². The van der Waals surface area contributed by atoms with Crippen LogP contribution in [0.3, 0.4) is 0 Å². The molecule has 0 spiro atoms. The highest BCUT2D eigenvalue weighted by Gasteiger charge is 2.35. The van der Waals surface area contributed by atoms with E-state index in [2.05, 4.69) is 4.57 Å². The molecule has 1 aromatic heterocycles. The second-order valence-electron chi connectivity index (χ2n) is 8.49. The van der Waals surface area contributed by atoms with Crippen LogP contribution in [0.25, 0.3) is 11.8 Å². The third kappa shape index (κ3) is 4.66. The van der Waals surface area contributed by atoms with Crippen LogP contribution in [0.4, 0.5) is 4.79 Å². The van der Waals surface area contributed by atoms with Gasteiger partial charge in [0.2, 0.25) is 0 Å². The summed E-state index contributed by atoms with van der Waals surface area (Å²) in [6, 6.07) is 15.5. The standard InChI is InChI=1S/C27H26N2O5S/c1-17-5-4-6-22(13-17)32-10-9-28-26(30)25(35-27(28)31)15-20-14-18(2)29(19(20)3)21-7-8-23-24(16-21)34-12-11-33-23/h4-8,13-16H,9-12H2,1-3H3/b25-15-. The summed E-state index contributed by atoms with van der Waals surface area (Å²) in [5.41, 5.74) is 4.90. The molecule has 2 aliphatic heterocycles. The van der Waals surface area contributed by atoms with Gasteiger partial charge in [-0.3, -0.25) is 14.5 Å². The van der Waals surface area contributed by atoms with Gasteiger partial charge in [-0.15, -0.1) is 0 Å². The number of hydrogen-bond donors (Lipinski definition) is 0. The predicted octanol–water partition coefficient (Wildman–Crippen LogP) is 5.29. The van der Waals surface area contributed by atoms with Crippen LogP contribution < -0.4 is 14.2 Å². The molecule has 2 aromatic carbocycles. The fourth-order valence-electron chi connectivity index (χ4n) is 4.30. The molecule has 0 bridgehead atoms. The molecule has 1 saturated heterocycles. The van der Waals surface area contributed by atoms with E-state index in [0.717, 1.165) is 57.2 Å². The number of nitrogens with zero attached hydrogens (tertiary/aromatic N) is 2. The average Bonchev–Trinajstić information content (AvgIpc) is 3.27. The normalized spacial score (nSPS) is 16.3. The van der Waals surface area contributed by atoms with Crippen molar-refractivity contribution in [2.75, 3.05) is 26.4 Å². The fourth-order valence-corrected chi connectivity index (χ4v) is 5.15. The van der Waals surface area contributed by atoms with Crippen molar-refractivity contribution in [1.29, 1.82) is 0 Å². The first-order valence-corrected chi connectivity index (χ1v) is 12.3. The van der Waals surface area contributed by atoms with Gasteiger partial charge in [-0.2, -0.15) is 0 Å². The van der Waals surface area contributed by atoms with Crippen molar-refractivity contribution in [2.45, 2.75) is 20.8 Å². The molecule has 0 unspecified atom stereocenters. The van der Waals surface area contributed by atoms with E-state index in [1.54, 1.807) is 6.08 Å². The summed E-state index contributed by atoms with van der Waals surface area (Å²) >= 11 is 0.961. The molecule has 35 heavy (non-hydrogen) atoms. The molecule has 3 aromatic rings. The van der Waals surface area contributed by atoms with Gasteiger partial charge < -0.3 is 18.8 Å². The maximum absolute atomic E-state index is 13.0. The number of benzene rings is 2. The van der Waals surface area contributed by atoms with E-state index >= 15 is 0 Å². The number of aromatic nitrogens is 1. The Balaban J connectivity index is 1.32. The van der Waals surface area contributed by atoms with Crippen LogP contribution >= 0.6 is 11.8 Å². The summed E-state index contributed by atoms with van der Waals surface area (Å²) in [6.07, 6.45) is 1.79.